The summed E-state index contributed by atoms with van der Waals surface area (Å²) in [5, 5.41) is 3.78. The topological polar surface area (TPSA) is 173 Å². The fourth-order valence-electron chi connectivity index (χ4n) is 13.4. The Balaban J connectivity index is 0.596. The van der Waals surface area contributed by atoms with E-state index in [-0.39, 0.29) is 42.4 Å². The van der Waals surface area contributed by atoms with Gasteiger partial charge in [-0.3, -0.25) is 48.4 Å². The third kappa shape index (κ3) is 12.2. The average molecular weight is 1140 g/mol. The van der Waals surface area contributed by atoms with Crippen molar-refractivity contribution >= 4 is 51.7 Å². The number of ether oxygens (including phenoxy) is 2. The highest BCUT2D eigenvalue weighted by Gasteiger charge is 2.40. The van der Waals surface area contributed by atoms with Gasteiger partial charge in [0.05, 0.1) is 24.7 Å². The fraction of sp³-hybridized carbons (Fsp3) is 0.470. The molecule has 1 N–H and O–H groups in total. The van der Waals surface area contributed by atoms with Gasteiger partial charge in [0, 0.05) is 113 Å². The van der Waals surface area contributed by atoms with Crippen LogP contribution < -0.4 is 15.7 Å². The Morgan fingerprint density at radius 3 is 2.17 bits per heavy atom. The van der Waals surface area contributed by atoms with Crippen molar-refractivity contribution in [2.45, 2.75) is 128 Å². The number of hydrogen-bond acceptors (Lipinski definition) is 12. The van der Waals surface area contributed by atoms with Crippen molar-refractivity contribution in [2.75, 3.05) is 64.8 Å². The second-order valence-corrected chi connectivity index (χ2v) is 25.1. The van der Waals surface area contributed by atoms with Crippen LogP contribution in [-0.2, 0) is 41.0 Å². The lowest BCUT2D eigenvalue weighted by molar-refractivity contribution is -0.151. The van der Waals surface area contributed by atoms with Gasteiger partial charge in [-0.15, -0.1) is 0 Å². The molecule has 7 aromatic rings. The highest BCUT2D eigenvalue weighted by molar-refractivity contribution is 6.00. The lowest BCUT2D eigenvalue weighted by Gasteiger charge is -2.42. The minimum absolute atomic E-state index is 0.120. The summed E-state index contributed by atoms with van der Waals surface area (Å²) < 4.78 is 16.4. The van der Waals surface area contributed by atoms with E-state index in [2.05, 4.69) is 78.8 Å². The zero-order valence-electron chi connectivity index (χ0n) is 49.5. The van der Waals surface area contributed by atoms with Crippen LogP contribution in [0, 0.1) is 5.92 Å². The number of nitrogens with one attached hydrogen (secondary N) is 1. The number of rotatable bonds is 15. The molecule has 84 heavy (non-hydrogen) atoms. The van der Waals surface area contributed by atoms with Crippen molar-refractivity contribution < 1.29 is 28.7 Å². The van der Waals surface area contributed by atoms with Crippen LogP contribution in [0.3, 0.4) is 0 Å². The van der Waals surface area contributed by atoms with E-state index in [4.69, 9.17) is 14.5 Å². The molecule has 1 aliphatic carbocycles. The molecule has 4 saturated heterocycles. The first-order chi connectivity index (χ1) is 40.5. The van der Waals surface area contributed by atoms with E-state index in [1.54, 1.807) is 23.9 Å². The predicted molar refractivity (Wildman–Crippen MR) is 324 cm³/mol. The number of imide groups is 1. The highest BCUT2D eigenvalue weighted by atomic mass is 16.6. The van der Waals surface area contributed by atoms with Crippen molar-refractivity contribution in [1.29, 1.82) is 0 Å². The molecule has 0 bridgehead atoms. The predicted octanol–water partition coefficient (Wildman–Crippen LogP) is 9.77. The quantitative estimate of drug-likeness (QED) is 0.0965. The summed E-state index contributed by atoms with van der Waals surface area (Å²) in [7, 11) is 3.68. The van der Waals surface area contributed by atoms with Crippen molar-refractivity contribution in [2.24, 2.45) is 13.0 Å². The number of anilines is 1. The minimum atomic E-state index is -0.746. The van der Waals surface area contributed by atoms with Gasteiger partial charge in [0.15, 0.2) is 0 Å². The van der Waals surface area contributed by atoms with Gasteiger partial charge in [-0.25, -0.2) is 19.6 Å². The second kappa shape index (κ2) is 23.8. The van der Waals surface area contributed by atoms with Gasteiger partial charge in [-0.1, -0.05) is 30.3 Å². The van der Waals surface area contributed by atoms with Crippen molar-refractivity contribution in [1.82, 2.24) is 48.2 Å². The number of piperidine rings is 3. The highest BCUT2D eigenvalue weighted by Crippen LogP contribution is 2.39. The minimum Gasteiger partial charge on any atom is -0.497 e. The average Bonchev–Trinajstić information content (AvgIpc) is 1.91. The van der Waals surface area contributed by atoms with E-state index in [1.807, 2.05) is 86.1 Å². The first kappa shape index (κ1) is 56.8. The van der Waals surface area contributed by atoms with Crippen molar-refractivity contribution in [3.63, 3.8) is 0 Å². The fourth-order valence-corrected chi connectivity index (χ4v) is 13.4. The number of imidazole rings is 1. The molecule has 12 rings (SSSR count). The summed E-state index contributed by atoms with van der Waals surface area (Å²) in [4.78, 5) is 88.0. The van der Waals surface area contributed by atoms with E-state index >= 15 is 0 Å². The Kier molecular flexibility index (Phi) is 16.1. The van der Waals surface area contributed by atoms with Gasteiger partial charge in [0.25, 0.3) is 11.8 Å². The molecule has 5 fully saturated rings. The summed E-state index contributed by atoms with van der Waals surface area (Å²) in [6.45, 7) is 17.0. The van der Waals surface area contributed by atoms with E-state index in [0.29, 0.717) is 35.9 Å². The zero-order valence-corrected chi connectivity index (χ0v) is 49.5. The first-order valence-corrected chi connectivity index (χ1v) is 30.2. The number of aryl methyl sites for hydroxylation is 1. The summed E-state index contributed by atoms with van der Waals surface area (Å²) >= 11 is 0. The maximum absolute atomic E-state index is 14.3. The Morgan fingerprint density at radius 1 is 0.726 bits per heavy atom. The lowest BCUT2D eigenvalue weighted by Crippen LogP contribution is -2.53. The number of methoxy groups -OCH3 is 1. The molecule has 8 heterocycles. The number of amides is 4. The Labute approximate surface area is 491 Å². The van der Waals surface area contributed by atoms with Gasteiger partial charge in [0.1, 0.15) is 28.9 Å². The van der Waals surface area contributed by atoms with Gasteiger partial charge in [0.2, 0.25) is 5.91 Å². The van der Waals surface area contributed by atoms with Crippen LogP contribution in [0.1, 0.15) is 130 Å². The van der Waals surface area contributed by atoms with Gasteiger partial charge >= 0.3 is 11.8 Å². The van der Waals surface area contributed by atoms with Crippen LogP contribution in [0.2, 0.25) is 0 Å². The summed E-state index contributed by atoms with van der Waals surface area (Å²) in [6, 6.07) is 29.8. The Hall–Kier alpha value is -7.67. The third-order valence-electron chi connectivity index (χ3n) is 18.2. The van der Waals surface area contributed by atoms with Gasteiger partial charge in [-0.2, -0.15) is 0 Å². The molecule has 440 valence electrons. The molecule has 18 heteroatoms. The van der Waals surface area contributed by atoms with E-state index in [9.17, 15) is 24.0 Å². The number of carbonyl (C=O) groups excluding carboxylic acids is 4. The van der Waals surface area contributed by atoms with Crippen LogP contribution in [0.15, 0.2) is 108 Å². The number of likely N-dealkylation sites (tertiary alicyclic amines) is 3. The van der Waals surface area contributed by atoms with Crippen LogP contribution in [0.4, 0.5) is 10.6 Å². The van der Waals surface area contributed by atoms with E-state index in [0.717, 1.165) is 154 Å². The molecule has 18 nitrogen and oxygen atoms in total. The number of pyridine rings is 2. The van der Waals surface area contributed by atoms with Gasteiger partial charge < -0.3 is 18.9 Å². The first-order valence-electron chi connectivity index (χ1n) is 30.2. The van der Waals surface area contributed by atoms with Crippen LogP contribution >= 0.6 is 0 Å². The number of fused-ring (bicyclic) bond motifs is 2. The van der Waals surface area contributed by atoms with Crippen LogP contribution in [0.5, 0.6) is 5.75 Å². The largest absolute Gasteiger partial charge is 0.497 e. The molecule has 3 aromatic carbocycles. The van der Waals surface area contributed by atoms with Crippen molar-refractivity contribution in [3.8, 4) is 16.9 Å². The Morgan fingerprint density at radius 2 is 1.48 bits per heavy atom. The maximum Gasteiger partial charge on any atom is 0.413 e. The number of carbonyl (C=O) groups is 4. The van der Waals surface area contributed by atoms with Crippen molar-refractivity contribution in [3.05, 3.63) is 142 Å². The standard InChI is InChI=1S/C66H79N11O7/c1-43-38-72(39-46-9-19-56-58(35-46)76(51-15-16-51)65(82)77(56)57-20-22-60(78)75(63(57)80)41-44-7-17-53(83-6)18-8-44)33-34-74(43)40-45-24-31-73(32-25-45)62(79)49-12-10-47(11-13-49)48-26-29-71(30-27-48)42-52-36-55-54(23-28-67-61(55)70(52)5)50-14-21-59(68-37-50)69-64(81)84-66(2,3)4/h7-14,17-19,21,23,28,35-37,43,45,48,51,57H,15-16,20,22,24-27,29-34,38-42H2,1-6H3,(H,68,69,81)/t43-,57?/m0/s1. The molecule has 0 spiro atoms. The third-order valence-corrected chi connectivity index (χ3v) is 18.2. The van der Waals surface area contributed by atoms with E-state index < -0.39 is 17.7 Å². The lowest BCUT2D eigenvalue weighted by atomic mass is 9.88. The number of aromatic nitrogens is 5. The number of nitrogens with zero attached hydrogens (tertiary/aromatic N) is 10. The molecule has 1 unspecified atom stereocenters. The molecule has 4 amide bonds. The molecule has 2 atom stereocenters. The molecule has 4 aromatic heterocycles. The smallest absolute Gasteiger partial charge is 0.413 e. The molecular weight excluding hydrogens is 1060 g/mol. The van der Waals surface area contributed by atoms with E-state index in [1.165, 1.54) is 16.2 Å². The number of hydrogen-bond donors (Lipinski definition) is 1. The Bertz CT molecular complexity index is 3620. The molecule has 0 radical (unpaired) electrons. The van der Waals surface area contributed by atoms with Crippen LogP contribution in [-0.4, -0.2) is 143 Å². The molecular formula is C66H79N11O7. The molecule has 4 aliphatic heterocycles. The maximum atomic E-state index is 14.3. The number of piperazine rings is 1. The monoisotopic (exact) mass is 1140 g/mol. The molecule has 1 saturated carbocycles. The molecule has 5 aliphatic rings. The summed E-state index contributed by atoms with van der Waals surface area (Å²) in [6.07, 6.45) is 9.55. The summed E-state index contributed by atoms with van der Waals surface area (Å²) in [5.41, 5.74) is 8.99. The summed E-state index contributed by atoms with van der Waals surface area (Å²) in [5.74, 6) is 1.69. The normalized spacial score (nSPS) is 20.1. The van der Waals surface area contributed by atoms with Gasteiger partial charge in [-0.05, 0) is 180 Å². The SMILES string of the molecule is COc1ccc(CN2C(=O)CCC(n3c(=O)n(C4CC4)c4cc(CN5CCN(CC6CCN(C(=O)c7ccc(C8CCN(Cc9cc%10c(-c%11ccc(NC(=O)OC(C)(C)C)nc%11)ccnc%10n9C)CC8)cc7)CC6)[C@@H](C)C5)ccc43)C2=O)cc1. The second-order valence-electron chi connectivity index (χ2n) is 25.1. The van der Waals surface area contributed by atoms with Crippen LogP contribution in [0.25, 0.3) is 33.2 Å². The zero-order chi connectivity index (χ0) is 58.4. The number of benzene rings is 3.